The van der Waals surface area contributed by atoms with Crippen molar-refractivity contribution in [2.75, 3.05) is 0 Å². The third-order valence-electron chi connectivity index (χ3n) is 10.8. The molecule has 5 aromatic carbocycles. The summed E-state index contributed by atoms with van der Waals surface area (Å²) >= 11 is 0. The Kier molecular flexibility index (Phi) is 7.38. The Morgan fingerprint density at radius 3 is 1.25 bits per heavy atom. The normalized spacial score (nSPS) is 11.6. The lowest BCUT2D eigenvalue weighted by molar-refractivity contribution is -0.481. The van der Waals surface area contributed by atoms with E-state index in [0.29, 0.717) is 0 Å². The first-order chi connectivity index (χ1) is 27.8. The summed E-state index contributed by atoms with van der Waals surface area (Å²) < 4.78 is 9.26. The summed E-state index contributed by atoms with van der Waals surface area (Å²) in [5.74, 6) is 0. The molecule has 0 aliphatic carbocycles. The van der Waals surface area contributed by atoms with Crippen LogP contribution in [0.2, 0.25) is 0 Å². The molecule has 0 amide bonds. The molecule has 0 radical (unpaired) electrons. The molecule has 0 spiro atoms. The summed E-state index contributed by atoms with van der Waals surface area (Å²) in [6, 6.07) is 64.4. The van der Waals surface area contributed by atoms with E-state index in [2.05, 4.69) is 188 Å². The van der Waals surface area contributed by atoms with E-state index in [0.717, 1.165) is 89.5 Å². The Morgan fingerprint density at radius 2 is 0.786 bits per heavy atom. The number of para-hydroxylation sites is 2. The lowest BCUT2D eigenvalue weighted by atomic mass is 9.94. The Morgan fingerprint density at radius 1 is 0.357 bits per heavy atom. The van der Waals surface area contributed by atoms with Gasteiger partial charge in [0.25, 0.3) is 11.3 Å². The molecule has 6 heteroatoms. The number of hydrogen-bond donors (Lipinski definition) is 0. The van der Waals surface area contributed by atoms with E-state index in [-0.39, 0.29) is 0 Å². The van der Waals surface area contributed by atoms with E-state index in [4.69, 9.17) is 9.97 Å². The fraction of sp³-hybridized carbons (Fsp3) is 0. The smallest absolute Gasteiger partial charge is 0.256 e. The summed E-state index contributed by atoms with van der Waals surface area (Å²) in [5, 5.41) is 0. The first-order valence-electron chi connectivity index (χ1n) is 18.8. The fourth-order valence-corrected chi connectivity index (χ4v) is 8.38. The molecule has 0 atom stereocenters. The highest BCUT2D eigenvalue weighted by Gasteiger charge is 2.26. The van der Waals surface area contributed by atoms with Crippen LogP contribution >= 0.6 is 0 Å². The third kappa shape index (κ3) is 5.04. The summed E-state index contributed by atoms with van der Waals surface area (Å²) in [6.07, 6.45) is 8.00. The monoisotopic (exact) mass is 718 g/mol. The molecule has 6 heterocycles. The molecular formula is C50H34N6+2. The van der Waals surface area contributed by atoms with Crippen molar-refractivity contribution in [2.24, 2.45) is 0 Å². The molecule has 0 fully saturated rings. The number of rotatable bonds is 6. The van der Waals surface area contributed by atoms with E-state index < -0.39 is 0 Å². The number of hydrogen-bond acceptors (Lipinski definition) is 2. The van der Waals surface area contributed by atoms with E-state index >= 15 is 0 Å². The molecular weight excluding hydrogens is 685 g/mol. The fourth-order valence-electron chi connectivity index (χ4n) is 8.38. The predicted octanol–water partition coefficient (Wildman–Crippen LogP) is 10.5. The second-order valence-corrected chi connectivity index (χ2v) is 14.0. The van der Waals surface area contributed by atoms with E-state index in [1.165, 1.54) is 0 Å². The topological polar surface area (TPSA) is 43.8 Å². The van der Waals surface area contributed by atoms with Gasteiger partial charge < -0.3 is 0 Å². The molecule has 0 saturated heterocycles. The van der Waals surface area contributed by atoms with Crippen LogP contribution in [0.15, 0.2) is 207 Å². The first-order valence-corrected chi connectivity index (χ1v) is 18.8. The summed E-state index contributed by atoms with van der Waals surface area (Å²) in [6.45, 7) is 0. The Bertz CT molecular complexity index is 3030. The molecule has 11 aromatic rings. The number of imidazole rings is 2. The standard InChI is InChI=1S/C50H34N6/c1-2-20-40(36-16-12-18-38(34-36)56-48-28-6-10-32-54(48)46-26-14-22-42(50(46)56)44-24-4-8-30-52-44)39(19-1)35-15-11-17-37(33-35)55-47-27-5-9-31-53(47)45-25-13-21-41(49(45)55)43-23-3-7-29-51-43/h1-34H/q+2. The minimum atomic E-state index is 0.943. The molecule has 0 aliphatic heterocycles. The van der Waals surface area contributed by atoms with Crippen LogP contribution in [0.4, 0.5) is 0 Å². The lowest BCUT2D eigenvalue weighted by Gasteiger charge is -2.12. The second-order valence-electron chi connectivity index (χ2n) is 14.0. The number of nitrogens with zero attached hydrogens (tertiary/aromatic N) is 6. The van der Waals surface area contributed by atoms with Gasteiger partial charge in [-0.05, 0) is 107 Å². The van der Waals surface area contributed by atoms with Gasteiger partial charge >= 0.3 is 0 Å². The van der Waals surface area contributed by atoms with Crippen LogP contribution in [0.1, 0.15) is 0 Å². The van der Waals surface area contributed by atoms with Crippen LogP contribution in [0.25, 0.3) is 89.5 Å². The zero-order valence-electron chi connectivity index (χ0n) is 30.3. The van der Waals surface area contributed by atoms with Crippen molar-refractivity contribution >= 4 is 33.4 Å². The quantitative estimate of drug-likeness (QED) is 0.161. The van der Waals surface area contributed by atoms with Crippen molar-refractivity contribution in [1.29, 1.82) is 0 Å². The van der Waals surface area contributed by atoms with Gasteiger partial charge in [0.2, 0.25) is 0 Å². The number of benzene rings is 5. The van der Waals surface area contributed by atoms with Gasteiger partial charge in [-0.3, -0.25) is 9.97 Å². The molecule has 262 valence electrons. The Labute approximate surface area is 323 Å². The molecule has 11 rings (SSSR count). The first kappa shape index (κ1) is 31.8. The molecule has 0 saturated carbocycles. The van der Waals surface area contributed by atoms with Gasteiger partial charge in [0.05, 0.1) is 34.9 Å². The van der Waals surface area contributed by atoms with Gasteiger partial charge in [-0.15, -0.1) is 0 Å². The average molecular weight is 719 g/mol. The largest absolute Gasteiger partial charge is 0.292 e. The maximum Gasteiger partial charge on any atom is 0.292 e. The predicted molar refractivity (Wildman–Crippen MR) is 224 cm³/mol. The molecule has 0 aliphatic rings. The van der Waals surface area contributed by atoms with Crippen LogP contribution in [0, 0.1) is 0 Å². The molecule has 56 heavy (non-hydrogen) atoms. The van der Waals surface area contributed by atoms with Crippen molar-refractivity contribution in [3.05, 3.63) is 207 Å². The average Bonchev–Trinajstić information content (AvgIpc) is 3.81. The van der Waals surface area contributed by atoms with E-state index in [9.17, 15) is 0 Å². The number of fused-ring (bicyclic) bond motifs is 6. The third-order valence-corrected chi connectivity index (χ3v) is 10.8. The van der Waals surface area contributed by atoms with Gasteiger partial charge in [-0.25, -0.2) is 0 Å². The maximum atomic E-state index is 4.76. The molecule has 0 unspecified atom stereocenters. The lowest BCUT2D eigenvalue weighted by Crippen LogP contribution is -2.19. The van der Waals surface area contributed by atoms with Crippen molar-refractivity contribution in [2.45, 2.75) is 0 Å². The SMILES string of the molecule is c1ccc(-c2cccc3c2n(-c2cccc(-c4ccccc4-c4cccc(-n5c6c(-c7ccccn7)cccc6[n+]6ccccc56)c4)c2)c2cccc[n+]32)nc1. The second kappa shape index (κ2) is 13.0. The number of pyridine rings is 4. The summed E-state index contributed by atoms with van der Waals surface area (Å²) in [4.78, 5) is 9.53. The zero-order chi connectivity index (χ0) is 37.0. The van der Waals surface area contributed by atoms with Gasteiger partial charge in [-0.2, -0.15) is 17.9 Å². The maximum absolute atomic E-state index is 4.76. The highest BCUT2D eigenvalue weighted by molar-refractivity contribution is 5.95. The Balaban J connectivity index is 1.09. The highest BCUT2D eigenvalue weighted by atomic mass is 15.1. The van der Waals surface area contributed by atoms with Gasteiger partial charge in [0.1, 0.15) is 11.4 Å². The van der Waals surface area contributed by atoms with Crippen molar-refractivity contribution in [1.82, 2.24) is 19.1 Å². The molecule has 0 N–H and O–H groups in total. The van der Waals surface area contributed by atoms with E-state index in [1.54, 1.807) is 0 Å². The highest BCUT2D eigenvalue weighted by Crippen LogP contribution is 2.37. The minimum absolute atomic E-state index is 0.943. The van der Waals surface area contributed by atoms with Gasteiger partial charge in [0, 0.05) is 24.5 Å². The van der Waals surface area contributed by atoms with Crippen molar-refractivity contribution < 1.29 is 8.80 Å². The van der Waals surface area contributed by atoms with Crippen LogP contribution in [0.3, 0.4) is 0 Å². The molecule has 0 bridgehead atoms. The van der Waals surface area contributed by atoms with Gasteiger partial charge in [-0.1, -0.05) is 84.9 Å². The minimum Gasteiger partial charge on any atom is -0.256 e. The van der Waals surface area contributed by atoms with Crippen LogP contribution in [-0.2, 0) is 0 Å². The van der Waals surface area contributed by atoms with Crippen LogP contribution < -0.4 is 8.80 Å². The summed E-state index contributed by atoms with van der Waals surface area (Å²) in [7, 11) is 0. The Hall–Kier alpha value is -7.70. The summed E-state index contributed by atoms with van der Waals surface area (Å²) in [5.41, 5.74) is 17.5. The van der Waals surface area contributed by atoms with Crippen LogP contribution in [-0.4, -0.2) is 19.1 Å². The molecule has 6 aromatic heterocycles. The molecule has 6 nitrogen and oxygen atoms in total. The van der Waals surface area contributed by atoms with Crippen LogP contribution in [0.5, 0.6) is 0 Å². The van der Waals surface area contributed by atoms with Crippen molar-refractivity contribution in [3.63, 3.8) is 0 Å². The van der Waals surface area contributed by atoms with Gasteiger partial charge in [0.15, 0.2) is 22.1 Å². The van der Waals surface area contributed by atoms with E-state index in [1.807, 2.05) is 36.7 Å². The number of aromatic nitrogens is 6. The zero-order valence-corrected chi connectivity index (χ0v) is 30.3. The van der Waals surface area contributed by atoms with Crippen molar-refractivity contribution in [3.8, 4) is 56.1 Å².